The fraction of sp³-hybridized carbons (Fsp3) is 0.250. The summed E-state index contributed by atoms with van der Waals surface area (Å²) in [5.74, 6) is -0.0494. The van der Waals surface area contributed by atoms with Crippen molar-refractivity contribution in [1.82, 2.24) is 5.32 Å². The van der Waals surface area contributed by atoms with E-state index in [1.54, 1.807) is 14.2 Å². The molecule has 0 fully saturated rings. The van der Waals surface area contributed by atoms with Gasteiger partial charge in [-0.25, -0.2) is 8.78 Å². The van der Waals surface area contributed by atoms with Crippen molar-refractivity contribution >= 4 is 0 Å². The molecule has 20 heavy (non-hydrogen) atoms. The molecule has 1 atom stereocenters. The Bertz CT molecular complexity index is 569. The van der Waals surface area contributed by atoms with E-state index in [1.807, 2.05) is 24.3 Å². The summed E-state index contributed by atoms with van der Waals surface area (Å²) in [6.45, 7) is 0. The Kier molecular flexibility index (Phi) is 4.69. The maximum atomic E-state index is 13.7. The maximum absolute atomic E-state index is 13.7. The quantitative estimate of drug-likeness (QED) is 0.903. The van der Waals surface area contributed by atoms with Gasteiger partial charge in [-0.05, 0) is 54.9 Å². The van der Waals surface area contributed by atoms with Gasteiger partial charge in [-0.2, -0.15) is 0 Å². The zero-order valence-corrected chi connectivity index (χ0v) is 11.5. The molecule has 1 N–H and O–H groups in total. The summed E-state index contributed by atoms with van der Waals surface area (Å²) in [7, 11) is 3.40. The minimum absolute atomic E-state index is 0.0859. The molecule has 0 amide bonds. The summed E-state index contributed by atoms with van der Waals surface area (Å²) >= 11 is 0. The third-order valence-corrected chi connectivity index (χ3v) is 3.30. The van der Waals surface area contributed by atoms with E-state index in [9.17, 15) is 8.78 Å². The predicted molar refractivity (Wildman–Crippen MR) is 74.9 cm³/mol. The van der Waals surface area contributed by atoms with Gasteiger partial charge in [0.25, 0.3) is 0 Å². The minimum Gasteiger partial charge on any atom is -0.497 e. The van der Waals surface area contributed by atoms with Crippen molar-refractivity contribution in [2.24, 2.45) is 0 Å². The molecule has 0 bridgehead atoms. The van der Waals surface area contributed by atoms with Gasteiger partial charge in [0.1, 0.15) is 17.4 Å². The number of methoxy groups -OCH3 is 1. The molecule has 0 spiro atoms. The van der Waals surface area contributed by atoms with E-state index >= 15 is 0 Å². The van der Waals surface area contributed by atoms with E-state index in [2.05, 4.69) is 5.32 Å². The molecule has 2 rings (SSSR count). The number of rotatable bonds is 5. The minimum atomic E-state index is -0.425. The van der Waals surface area contributed by atoms with Crippen LogP contribution in [0.5, 0.6) is 5.75 Å². The molecule has 0 saturated carbocycles. The van der Waals surface area contributed by atoms with Gasteiger partial charge >= 0.3 is 0 Å². The van der Waals surface area contributed by atoms with Crippen LogP contribution in [0.1, 0.15) is 17.2 Å². The van der Waals surface area contributed by atoms with Crippen LogP contribution in [0.15, 0.2) is 42.5 Å². The summed E-state index contributed by atoms with van der Waals surface area (Å²) in [5, 5.41) is 3.12. The second kappa shape index (κ2) is 6.48. The summed E-state index contributed by atoms with van der Waals surface area (Å²) in [6, 6.07) is 11.0. The molecule has 0 saturated heterocycles. The molecule has 1 unspecified atom stereocenters. The van der Waals surface area contributed by atoms with Crippen molar-refractivity contribution in [2.45, 2.75) is 12.5 Å². The lowest BCUT2D eigenvalue weighted by Gasteiger charge is -2.17. The molecule has 0 aliphatic heterocycles. The average molecular weight is 277 g/mol. The molecule has 0 aromatic heterocycles. The van der Waals surface area contributed by atoms with Crippen molar-refractivity contribution < 1.29 is 13.5 Å². The third kappa shape index (κ3) is 3.33. The fourth-order valence-electron chi connectivity index (χ4n) is 2.14. The number of hydrogen-bond donors (Lipinski definition) is 1. The molecule has 0 radical (unpaired) electrons. The summed E-state index contributed by atoms with van der Waals surface area (Å²) in [5.41, 5.74) is 1.36. The molecule has 0 aliphatic carbocycles. The number of nitrogens with one attached hydrogen (secondary N) is 1. The third-order valence-electron chi connectivity index (χ3n) is 3.30. The molecule has 0 heterocycles. The van der Waals surface area contributed by atoms with Crippen LogP contribution in [0.3, 0.4) is 0 Å². The van der Waals surface area contributed by atoms with Gasteiger partial charge in [-0.3, -0.25) is 0 Å². The number of hydrogen-bond acceptors (Lipinski definition) is 2. The van der Waals surface area contributed by atoms with E-state index in [4.69, 9.17) is 4.74 Å². The number of likely N-dealkylation sites (N-methyl/N-ethyl adjacent to an activating group) is 1. The lowest BCUT2D eigenvalue weighted by Crippen LogP contribution is -2.19. The van der Waals surface area contributed by atoms with E-state index in [-0.39, 0.29) is 11.9 Å². The summed E-state index contributed by atoms with van der Waals surface area (Å²) < 4.78 is 32.0. The maximum Gasteiger partial charge on any atom is 0.126 e. The molecular formula is C16H17F2NO. The van der Waals surface area contributed by atoms with Gasteiger partial charge in [0, 0.05) is 6.04 Å². The number of benzene rings is 2. The molecular weight excluding hydrogens is 260 g/mol. The van der Waals surface area contributed by atoms with Gasteiger partial charge in [-0.1, -0.05) is 12.1 Å². The van der Waals surface area contributed by atoms with Gasteiger partial charge in [0.05, 0.1) is 7.11 Å². The van der Waals surface area contributed by atoms with E-state index in [0.717, 1.165) is 23.4 Å². The van der Waals surface area contributed by atoms with Crippen LogP contribution in [0.4, 0.5) is 8.78 Å². The fourth-order valence-corrected chi connectivity index (χ4v) is 2.14. The van der Waals surface area contributed by atoms with Crippen LogP contribution < -0.4 is 10.1 Å². The molecule has 2 aromatic carbocycles. The van der Waals surface area contributed by atoms with Gasteiger partial charge in [0.15, 0.2) is 0 Å². The highest BCUT2D eigenvalue weighted by atomic mass is 19.1. The lowest BCUT2D eigenvalue weighted by molar-refractivity contribution is 0.414. The Balaban J connectivity index is 2.21. The van der Waals surface area contributed by atoms with Crippen LogP contribution in [0.25, 0.3) is 0 Å². The highest BCUT2D eigenvalue weighted by Gasteiger charge is 2.13. The molecule has 2 nitrogen and oxygen atoms in total. The van der Waals surface area contributed by atoms with Crippen LogP contribution in [-0.2, 0) is 6.42 Å². The molecule has 4 heteroatoms. The second-order valence-electron chi connectivity index (χ2n) is 4.55. The van der Waals surface area contributed by atoms with E-state index in [1.165, 1.54) is 6.07 Å². The Labute approximate surface area is 117 Å². The zero-order valence-electron chi connectivity index (χ0n) is 11.5. The average Bonchev–Trinajstić information content (AvgIpc) is 2.48. The van der Waals surface area contributed by atoms with Crippen molar-refractivity contribution in [3.8, 4) is 5.75 Å². The largest absolute Gasteiger partial charge is 0.497 e. The normalized spacial score (nSPS) is 12.2. The van der Waals surface area contributed by atoms with E-state index < -0.39 is 5.82 Å². The van der Waals surface area contributed by atoms with Gasteiger partial charge in [0.2, 0.25) is 0 Å². The van der Waals surface area contributed by atoms with Crippen LogP contribution in [0.2, 0.25) is 0 Å². The lowest BCUT2D eigenvalue weighted by atomic mass is 9.98. The smallest absolute Gasteiger partial charge is 0.126 e. The standard InChI is InChI=1S/C16H17F2NO/c1-19-16(11-3-6-14(20-2)7-4-11)10-12-9-13(17)5-8-15(12)18/h3-9,16,19H,10H2,1-2H3. The first-order chi connectivity index (χ1) is 9.63. The van der Waals surface area contributed by atoms with Crippen LogP contribution >= 0.6 is 0 Å². The first-order valence-corrected chi connectivity index (χ1v) is 6.39. The first kappa shape index (κ1) is 14.5. The molecule has 0 aliphatic rings. The Morgan fingerprint density at radius 1 is 1.10 bits per heavy atom. The second-order valence-corrected chi connectivity index (χ2v) is 4.55. The Morgan fingerprint density at radius 2 is 1.80 bits per heavy atom. The number of ether oxygens (including phenoxy) is 1. The van der Waals surface area contributed by atoms with Crippen molar-refractivity contribution in [2.75, 3.05) is 14.2 Å². The van der Waals surface area contributed by atoms with E-state index in [0.29, 0.717) is 12.0 Å². The molecule has 106 valence electrons. The highest BCUT2D eigenvalue weighted by molar-refractivity contribution is 5.31. The Morgan fingerprint density at radius 3 is 2.40 bits per heavy atom. The SMILES string of the molecule is CNC(Cc1cc(F)ccc1F)c1ccc(OC)cc1. The van der Waals surface area contributed by atoms with Gasteiger partial charge in [-0.15, -0.1) is 0 Å². The Hall–Kier alpha value is -1.94. The predicted octanol–water partition coefficient (Wildman–Crippen LogP) is 3.48. The zero-order chi connectivity index (χ0) is 14.5. The van der Waals surface area contributed by atoms with Gasteiger partial charge < -0.3 is 10.1 Å². The van der Waals surface area contributed by atoms with Crippen LogP contribution in [-0.4, -0.2) is 14.2 Å². The van der Waals surface area contributed by atoms with Crippen molar-refractivity contribution in [3.05, 3.63) is 65.2 Å². The first-order valence-electron chi connectivity index (χ1n) is 6.39. The summed E-state index contributed by atoms with van der Waals surface area (Å²) in [6.07, 6.45) is 0.381. The van der Waals surface area contributed by atoms with Crippen molar-refractivity contribution in [1.29, 1.82) is 0 Å². The topological polar surface area (TPSA) is 21.3 Å². The molecule has 2 aromatic rings. The van der Waals surface area contributed by atoms with Crippen molar-refractivity contribution in [3.63, 3.8) is 0 Å². The number of halogens is 2. The highest BCUT2D eigenvalue weighted by Crippen LogP contribution is 2.22. The summed E-state index contributed by atoms with van der Waals surface area (Å²) in [4.78, 5) is 0. The van der Waals surface area contributed by atoms with Crippen LogP contribution in [0, 0.1) is 11.6 Å². The monoisotopic (exact) mass is 277 g/mol.